The van der Waals surface area contributed by atoms with E-state index in [0.29, 0.717) is 0 Å². The Bertz CT molecular complexity index is 799. The van der Waals surface area contributed by atoms with Gasteiger partial charge in [-0.05, 0) is 49.7 Å². The molecule has 0 unspecified atom stereocenters. The van der Waals surface area contributed by atoms with Crippen molar-refractivity contribution >= 4 is 22.4 Å². The standard InChI is InChI=1S/C19H21N3O/c1-4-13-23-16-11-9-15(10-12-16)22(3)19-17-7-5-6-8-18(17)20-14(2)21-19/h5-12H,4,13H2,1-3H3. The summed E-state index contributed by atoms with van der Waals surface area (Å²) in [6.07, 6.45) is 1.01. The third kappa shape index (κ3) is 3.26. The highest BCUT2D eigenvalue weighted by atomic mass is 16.5. The van der Waals surface area contributed by atoms with Gasteiger partial charge in [0.05, 0.1) is 12.1 Å². The van der Waals surface area contributed by atoms with Gasteiger partial charge in [-0.1, -0.05) is 19.1 Å². The summed E-state index contributed by atoms with van der Waals surface area (Å²) >= 11 is 0. The van der Waals surface area contributed by atoms with Crippen molar-refractivity contribution in [3.05, 3.63) is 54.4 Å². The van der Waals surface area contributed by atoms with Gasteiger partial charge in [-0.3, -0.25) is 0 Å². The number of rotatable bonds is 5. The maximum atomic E-state index is 5.64. The van der Waals surface area contributed by atoms with Crippen LogP contribution in [-0.4, -0.2) is 23.6 Å². The van der Waals surface area contributed by atoms with E-state index in [1.165, 1.54) is 0 Å². The van der Waals surface area contributed by atoms with E-state index >= 15 is 0 Å². The van der Waals surface area contributed by atoms with Crippen LogP contribution in [0.3, 0.4) is 0 Å². The van der Waals surface area contributed by atoms with Crippen LogP contribution in [0.2, 0.25) is 0 Å². The molecule has 1 heterocycles. The zero-order valence-corrected chi connectivity index (χ0v) is 13.8. The first-order valence-electron chi connectivity index (χ1n) is 7.89. The summed E-state index contributed by atoms with van der Waals surface area (Å²) in [7, 11) is 2.02. The Balaban J connectivity index is 1.95. The molecule has 0 bridgehead atoms. The molecule has 0 N–H and O–H groups in total. The van der Waals surface area contributed by atoms with Crippen molar-refractivity contribution in [1.82, 2.24) is 9.97 Å². The van der Waals surface area contributed by atoms with Gasteiger partial charge in [0, 0.05) is 18.1 Å². The highest BCUT2D eigenvalue weighted by Gasteiger charge is 2.11. The van der Waals surface area contributed by atoms with Gasteiger partial charge in [0.1, 0.15) is 17.4 Å². The Hall–Kier alpha value is -2.62. The second-order valence-corrected chi connectivity index (χ2v) is 5.51. The summed E-state index contributed by atoms with van der Waals surface area (Å²) in [6.45, 7) is 4.76. The Kier molecular flexibility index (Phi) is 4.42. The van der Waals surface area contributed by atoms with Crippen LogP contribution in [0.5, 0.6) is 5.75 Å². The average molecular weight is 307 g/mol. The average Bonchev–Trinajstić information content (AvgIpc) is 2.59. The van der Waals surface area contributed by atoms with Crippen LogP contribution in [0.1, 0.15) is 19.2 Å². The smallest absolute Gasteiger partial charge is 0.144 e. The molecule has 23 heavy (non-hydrogen) atoms. The van der Waals surface area contributed by atoms with Gasteiger partial charge >= 0.3 is 0 Å². The zero-order valence-electron chi connectivity index (χ0n) is 13.8. The zero-order chi connectivity index (χ0) is 16.2. The molecule has 0 saturated carbocycles. The number of ether oxygens (including phenoxy) is 1. The maximum absolute atomic E-state index is 5.64. The number of benzene rings is 2. The SMILES string of the molecule is CCCOc1ccc(N(C)c2nc(C)nc3ccccc23)cc1. The third-order valence-corrected chi connectivity index (χ3v) is 3.71. The minimum absolute atomic E-state index is 0.741. The number of aryl methyl sites for hydroxylation is 1. The van der Waals surface area contributed by atoms with Gasteiger partial charge in [-0.15, -0.1) is 0 Å². The topological polar surface area (TPSA) is 38.2 Å². The van der Waals surface area contributed by atoms with Crippen molar-refractivity contribution in [3.8, 4) is 5.75 Å². The molecule has 0 aliphatic carbocycles. The second-order valence-electron chi connectivity index (χ2n) is 5.51. The maximum Gasteiger partial charge on any atom is 0.144 e. The molecule has 0 aliphatic rings. The largest absolute Gasteiger partial charge is 0.494 e. The Morgan fingerprint density at radius 2 is 1.74 bits per heavy atom. The molecule has 0 atom stereocenters. The van der Waals surface area contributed by atoms with Crippen LogP contribution in [0.15, 0.2) is 48.5 Å². The first-order valence-corrected chi connectivity index (χ1v) is 7.89. The number of hydrogen-bond acceptors (Lipinski definition) is 4. The van der Waals surface area contributed by atoms with Crippen LogP contribution in [-0.2, 0) is 0 Å². The fourth-order valence-electron chi connectivity index (χ4n) is 2.54. The summed E-state index contributed by atoms with van der Waals surface area (Å²) < 4.78 is 5.64. The molecule has 4 heteroatoms. The minimum Gasteiger partial charge on any atom is -0.494 e. The quantitative estimate of drug-likeness (QED) is 0.696. The molecule has 1 aromatic heterocycles. The molecule has 3 aromatic rings. The lowest BCUT2D eigenvalue weighted by Crippen LogP contribution is -2.13. The summed E-state index contributed by atoms with van der Waals surface area (Å²) in [4.78, 5) is 11.2. The summed E-state index contributed by atoms with van der Waals surface area (Å²) in [5.41, 5.74) is 2.03. The predicted octanol–water partition coefficient (Wildman–Crippen LogP) is 4.49. The molecule has 0 radical (unpaired) electrons. The number of aromatic nitrogens is 2. The Morgan fingerprint density at radius 1 is 1.00 bits per heavy atom. The first-order chi connectivity index (χ1) is 11.2. The molecule has 118 valence electrons. The molecule has 0 saturated heterocycles. The van der Waals surface area contributed by atoms with Crippen LogP contribution in [0.4, 0.5) is 11.5 Å². The van der Waals surface area contributed by atoms with Gasteiger partial charge in [0.25, 0.3) is 0 Å². The van der Waals surface area contributed by atoms with E-state index in [2.05, 4.69) is 40.0 Å². The molecular formula is C19H21N3O. The molecular weight excluding hydrogens is 286 g/mol. The molecule has 0 amide bonds. The van der Waals surface area contributed by atoms with Crippen LogP contribution >= 0.6 is 0 Å². The lowest BCUT2D eigenvalue weighted by Gasteiger charge is -2.20. The number of fused-ring (bicyclic) bond motifs is 1. The van der Waals surface area contributed by atoms with Gasteiger partial charge in [0.15, 0.2) is 0 Å². The second kappa shape index (κ2) is 6.65. The van der Waals surface area contributed by atoms with E-state index in [9.17, 15) is 0 Å². The van der Waals surface area contributed by atoms with E-state index in [-0.39, 0.29) is 0 Å². The van der Waals surface area contributed by atoms with Crippen molar-refractivity contribution in [3.63, 3.8) is 0 Å². The van der Waals surface area contributed by atoms with Crippen molar-refractivity contribution in [2.75, 3.05) is 18.6 Å². The summed E-state index contributed by atoms with van der Waals surface area (Å²) in [5.74, 6) is 2.58. The molecule has 2 aromatic carbocycles. The lowest BCUT2D eigenvalue weighted by atomic mass is 10.2. The number of nitrogens with zero attached hydrogens (tertiary/aromatic N) is 3. The van der Waals surface area contributed by atoms with Crippen LogP contribution in [0.25, 0.3) is 10.9 Å². The molecule has 4 nitrogen and oxygen atoms in total. The van der Waals surface area contributed by atoms with Crippen molar-refractivity contribution in [2.45, 2.75) is 20.3 Å². The van der Waals surface area contributed by atoms with E-state index in [4.69, 9.17) is 4.74 Å². The van der Waals surface area contributed by atoms with Gasteiger partial charge in [0.2, 0.25) is 0 Å². The third-order valence-electron chi connectivity index (χ3n) is 3.71. The fraction of sp³-hybridized carbons (Fsp3) is 0.263. The highest BCUT2D eigenvalue weighted by Crippen LogP contribution is 2.29. The predicted molar refractivity (Wildman–Crippen MR) is 94.6 cm³/mol. The minimum atomic E-state index is 0.741. The van der Waals surface area contributed by atoms with E-state index in [1.807, 2.05) is 44.3 Å². The van der Waals surface area contributed by atoms with Gasteiger partial charge in [-0.2, -0.15) is 0 Å². The highest BCUT2D eigenvalue weighted by molar-refractivity contribution is 5.91. The van der Waals surface area contributed by atoms with Crippen molar-refractivity contribution in [1.29, 1.82) is 0 Å². The monoisotopic (exact) mass is 307 g/mol. The summed E-state index contributed by atoms with van der Waals surface area (Å²) in [6, 6.07) is 16.2. The summed E-state index contributed by atoms with van der Waals surface area (Å²) in [5, 5.41) is 1.05. The van der Waals surface area contributed by atoms with E-state index in [0.717, 1.165) is 47.0 Å². The Morgan fingerprint density at radius 3 is 2.48 bits per heavy atom. The first kappa shape index (κ1) is 15.3. The molecule has 3 rings (SSSR count). The van der Waals surface area contributed by atoms with Crippen LogP contribution < -0.4 is 9.64 Å². The number of hydrogen-bond donors (Lipinski definition) is 0. The molecule has 0 spiro atoms. The van der Waals surface area contributed by atoms with Gasteiger partial charge in [-0.25, -0.2) is 9.97 Å². The number of para-hydroxylation sites is 1. The molecule has 0 aliphatic heterocycles. The van der Waals surface area contributed by atoms with E-state index < -0.39 is 0 Å². The van der Waals surface area contributed by atoms with E-state index in [1.54, 1.807) is 0 Å². The van der Waals surface area contributed by atoms with Crippen LogP contribution in [0, 0.1) is 6.92 Å². The Labute approximate surface area is 136 Å². The number of anilines is 2. The van der Waals surface area contributed by atoms with Gasteiger partial charge < -0.3 is 9.64 Å². The fourth-order valence-corrected chi connectivity index (χ4v) is 2.54. The normalized spacial score (nSPS) is 10.7. The van der Waals surface area contributed by atoms with Crippen molar-refractivity contribution < 1.29 is 4.74 Å². The lowest BCUT2D eigenvalue weighted by molar-refractivity contribution is 0.317. The molecule has 0 fully saturated rings. The van der Waals surface area contributed by atoms with Crippen molar-refractivity contribution in [2.24, 2.45) is 0 Å².